The van der Waals surface area contributed by atoms with Gasteiger partial charge in [-0.1, -0.05) is 57.2 Å². The summed E-state index contributed by atoms with van der Waals surface area (Å²) < 4.78 is 17.5. The van der Waals surface area contributed by atoms with Crippen LogP contribution in [0.3, 0.4) is 0 Å². The van der Waals surface area contributed by atoms with Crippen molar-refractivity contribution >= 4 is 28.5 Å². The zero-order valence-corrected chi connectivity index (χ0v) is 21.4. The molecule has 3 aromatic carbocycles. The predicted molar refractivity (Wildman–Crippen MR) is 147 cm³/mol. The van der Waals surface area contributed by atoms with E-state index in [1.807, 2.05) is 72.8 Å². The molecule has 0 bridgehead atoms. The van der Waals surface area contributed by atoms with Crippen LogP contribution < -0.4 is 20.1 Å². The van der Waals surface area contributed by atoms with E-state index in [2.05, 4.69) is 42.5 Å². The van der Waals surface area contributed by atoms with Crippen LogP contribution in [-0.4, -0.2) is 17.1 Å². The maximum absolute atomic E-state index is 6.28. The number of hydrogen-bond acceptors (Lipinski definition) is 7. The van der Waals surface area contributed by atoms with Gasteiger partial charge in [0.2, 0.25) is 5.88 Å². The highest BCUT2D eigenvalue weighted by atomic mass is 16.5. The number of ether oxygens (including phenoxy) is 2. The van der Waals surface area contributed by atoms with E-state index in [1.165, 1.54) is 0 Å². The van der Waals surface area contributed by atoms with E-state index in [-0.39, 0.29) is 5.41 Å². The number of oxazole rings is 1. The maximum Gasteiger partial charge on any atom is 0.300 e. The maximum atomic E-state index is 6.28. The van der Waals surface area contributed by atoms with Crippen molar-refractivity contribution in [2.45, 2.75) is 32.7 Å². The van der Waals surface area contributed by atoms with E-state index in [0.29, 0.717) is 29.7 Å². The first-order valence-corrected chi connectivity index (χ1v) is 12.2. The number of para-hydroxylation sites is 2. The fourth-order valence-electron chi connectivity index (χ4n) is 4.05. The van der Waals surface area contributed by atoms with Crippen LogP contribution in [0.5, 0.6) is 17.4 Å². The van der Waals surface area contributed by atoms with E-state index in [0.717, 1.165) is 33.8 Å². The Morgan fingerprint density at radius 3 is 2.43 bits per heavy atom. The molecule has 5 rings (SSSR count). The summed E-state index contributed by atoms with van der Waals surface area (Å²) in [6.07, 6.45) is 1.70. The molecule has 0 radical (unpaired) electrons. The van der Waals surface area contributed by atoms with Crippen molar-refractivity contribution in [3.8, 4) is 17.4 Å². The number of nitrogens with zero attached hydrogens (tertiary/aromatic N) is 2. The molecular weight excluding hydrogens is 464 g/mol. The molecule has 0 fully saturated rings. The lowest BCUT2D eigenvalue weighted by molar-refractivity contribution is 0.414. The fourth-order valence-corrected chi connectivity index (χ4v) is 4.05. The molecular formula is C30H30N4O3. The van der Waals surface area contributed by atoms with Crippen LogP contribution in [0.15, 0.2) is 89.5 Å². The minimum Gasteiger partial charge on any atom is -0.497 e. The zero-order valence-electron chi connectivity index (χ0n) is 21.4. The molecule has 0 aliphatic rings. The van der Waals surface area contributed by atoms with Gasteiger partial charge in [-0.3, -0.25) is 0 Å². The van der Waals surface area contributed by atoms with Crippen LogP contribution in [0, 0.1) is 0 Å². The van der Waals surface area contributed by atoms with Crippen molar-refractivity contribution in [1.82, 2.24) is 9.97 Å². The minimum atomic E-state index is -0.0749. The van der Waals surface area contributed by atoms with E-state index < -0.39 is 0 Å². The lowest BCUT2D eigenvalue weighted by atomic mass is 9.86. The third-order valence-corrected chi connectivity index (χ3v) is 5.98. The van der Waals surface area contributed by atoms with Gasteiger partial charge in [-0.15, -0.1) is 0 Å². The van der Waals surface area contributed by atoms with E-state index in [9.17, 15) is 0 Å². The summed E-state index contributed by atoms with van der Waals surface area (Å²) in [6, 6.07) is 25.9. The summed E-state index contributed by atoms with van der Waals surface area (Å²) in [5.41, 5.74) is 5.11. The van der Waals surface area contributed by atoms with Crippen molar-refractivity contribution in [3.05, 3.63) is 96.2 Å². The highest BCUT2D eigenvalue weighted by molar-refractivity contribution is 5.88. The van der Waals surface area contributed by atoms with Gasteiger partial charge in [0.05, 0.1) is 12.8 Å². The second-order valence-electron chi connectivity index (χ2n) is 9.70. The number of methoxy groups -OCH3 is 1. The van der Waals surface area contributed by atoms with Gasteiger partial charge in [0.25, 0.3) is 6.01 Å². The second kappa shape index (κ2) is 10.2. The van der Waals surface area contributed by atoms with Gasteiger partial charge >= 0.3 is 0 Å². The third-order valence-electron chi connectivity index (χ3n) is 5.98. The second-order valence-corrected chi connectivity index (χ2v) is 9.70. The molecule has 2 N–H and O–H groups in total. The van der Waals surface area contributed by atoms with Crippen molar-refractivity contribution < 1.29 is 13.9 Å². The molecule has 7 heteroatoms. The molecule has 0 aliphatic carbocycles. The lowest BCUT2D eigenvalue weighted by Gasteiger charge is -2.22. The van der Waals surface area contributed by atoms with Crippen LogP contribution in [0.2, 0.25) is 0 Å². The highest BCUT2D eigenvalue weighted by Gasteiger charge is 2.20. The minimum absolute atomic E-state index is 0.0749. The molecule has 0 saturated heterocycles. The monoisotopic (exact) mass is 494 g/mol. The van der Waals surface area contributed by atoms with Crippen LogP contribution in [-0.2, 0) is 12.0 Å². The normalized spacial score (nSPS) is 11.4. The molecule has 2 aromatic heterocycles. The fraction of sp³-hybridized carbons (Fsp3) is 0.200. The predicted octanol–water partition coefficient (Wildman–Crippen LogP) is 7.68. The Morgan fingerprint density at radius 2 is 1.65 bits per heavy atom. The van der Waals surface area contributed by atoms with Crippen LogP contribution >= 0.6 is 0 Å². The van der Waals surface area contributed by atoms with Crippen molar-refractivity contribution in [3.63, 3.8) is 0 Å². The van der Waals surface area contributed by atoms with Gasteiger partial charge < -0.3 is 24.5 Å². The molecule has 0 spiro atoms. The number of fused-ring (bicyclic) bond motifs is 1. The molecule has 0 saturated carbocycles. The standard InChI is InChI=1S/C30H30N4O3/c1-30(2,3)22-9-5-6-12-25(22)36-28-24(11-8-18-31-28)33-29-34-27-23(10-7-13-26(27)37-29)32-19-20-14-16-21(35-4)17-15-20/h5-18,32H,19H2,1-4H3,(H,33,34). The molecule has 0 aliphatic heterocycles. The summed E-state index contributed by atoms with van der Waals surface area (Å²) in [7, 11) is 1.66. The number of aromatic nitrogens is 2. The SMILES string of the molecule is COc1ccc(CNc2cccc3oc(Nc4cccnc4Oc4ccccc4C(C)(C)C)nc23)cc1. The summed E-state index contributed by atoms with van der Waals surface area (Å²) in [5, 5.41) is 6.70. The summed E-state index contributed by atoms with van der Waals surface area (Å²) >= 11 is 0. The molecule has 0 amide bonds. The van der Waals surface area contributed by atoms with Gasteiger partial charge in [-0.05, 0) is 53.4 Å². The largest absolute Gasteiger partial charge is 0.497 e. The Kier molecular flexibility index (Phi) is 6.68. The quantitative estimate of drug-likeness (QED) is 0.229. The Morgan fingerprint density at radius 1 is 0.865 bits per heavy atom. The Balaban J connectivity index is 1.37. The Hall–Kier alpha value is -4.52. The highest BCUT2D eigenvalue weighted by Crippen LogP contribution is 2.37. The number of anilines is 3. The van der Waals surface area contributed by atoms with E-state index in [1.54, 1.807) is 13.3 Å². The van der Waals surface area contributed by atoms with Gasteiger partial charge in [0.1, 0.15) is 22.7 Å². The molecule has 7 nitrogen and oxygen atoms in total. The Bertz CT molecular complexity index is 1500. The Labute approximate surface area is 216 Å². The molecule has 2 heterocycles. The average molecular weight is 495 g/mol. The lowest BCUT2D eigenvalue weighted by Crippen LogP contribution is -2.12. The van der Waals surface area contributed by atoms with Crippen molar-refractivity contribution in [1.29, 1.82) is 0 Å². The summed E-state index contributed by atoms with van der Waals surface area (Å²) in [4.78, 5) is 9.17. The molecule has 37 heavy (non-hydrogen) atoms. The molecule has 188 valence electrons. The number of hydrogen-bond donors (Lipinski definition) is 2. The van der Waals surface area contributed by atoms with E-state index >= 15 is 0 Å². The van der Waals surface area contributed by atoms with Gasteiger partial charge in [0.15, 0.2) is 5.58 Å². The van der Waals surface area contributed by atoms with Gasteiger partial charge in [-0.25, -0.2) is 4.98 Å². The number of nitrogens with one attached hydrogen (secondary N) is 2. The summed E-state index contributed by atoms with van der Waals surface area (Å²) in [6.45, 7) is 7.12. The molecule has 0 unspecified atom stereocenters. The smallest absolute Gasteiger partial charge is 0.300 e. The first kappa shape index (κ1) is 24.2. The number of pyridine rings is 1. The number of rotatable bonds is 8. The molecule has 5 aromatic rings. The van der Waals surface area contributed by atoms with Crippen LogP contribution in [0.4, 0.5) is 17.4 Å². The average Bonchev–Trinajstić information content (AvgIpc) is 3.32. The topological polar surface area (TPSA) is 81.4 Å². The van der Waals surface area contributed by atoms with Crippen molar-refractivity contribution in [2.75, 3.05) is 17.7 Å². The first-order chi connectivity index (χ1) is 17.9. The number of benzene rings is 3. The van der Waals surface area contributed by atoms with Gasteiger partial charge in [-0.2, -0.15) is 4.98 Å². The van der Waals surface area contributed by atoms with Crippen LogP contribution in [0.25, 0.3) is 11.1 Å². The third kappa shape index (κ3) is 5.51. The van der Waals surface area contributed by atoms with Gasteiger partial charge in [0, 0.05) is 18.3 Å². The molecule has 0 atom stereocenters. The van der Waals surface area contributed by atoms with E-state index in [4.69, 9.17) is 18.9 Å². The zero-order chi connectivity index (χ0) is 25.8. The summed E-state index contributed by atoms with van der Waals surface area (Å²) in [5.74, 6) is 2.04. The van der Waals surface area contributed by atoms with Crippen LogP contribution in [0.1, 0.15) is 31.9 Å². The van der Waals surface area contributed by atoms with Crippen molar-refractivity contribution in [2.24, 2.45) is 0 Å². The first-order valence-electron chi connectivity index (χ1n) is 12.2.